The average molecular weight is 360 g/mol. The zero-order chi connectivity index (χ0) is 18.4. The number of carbonyl (C=O) groups is 1. The van der Waals surface area contributed by atoms with Crippen LogP contribution in [0, 0.1) is 29.6 Å². The molecule has 0 N–H and O–H groups in total. The van der Waals surface area contributed by atoms with Gasteiger partial charge in [-0.3, -0.25) is 4.79 Å². The number of aryl methyl sites for hydroxylation is 1. The maximum absolute atomic E-state index is 12.9. The summed E-state index contributed by atoms with van der Waals surface area (Å²) in [6.45, 7) is 2.19. The third-order valence-electron chi connectivity index (χ3n) is 4.18. The minimum Gasteiger partial charge on any atom is -0.312 e. The van der Waals surface area contributed by atoms with Crippen LogP contribution in [0.1, 0.15) is 35.2 Å². The van der Waals surface area contributed by atoms with E-state index in [2.05, 4.69) is 0 Å². The summed E-state index contributed by atoms with van der Waals surface area (Å²) in [6, 6.07) is 8.13. The molecule has 0 bridgehead atoms. The number of amides is 1. The Morgan fingerprint density at radius 3 is 2.32 bits per heavy atom. The number of hydrogen-bond acceptors (Lipinski definition) is 5. The molecule has 0 atom stereocenters. The third-order valence-corrected chi connectivity index (χ3v) is 6.22. The van der Waals surface area contributed by atoms with Crippen LogP contribution in [0.4, 0.5) is 0 Å². The van der Waals surface area contributed by atoms with Crippen LogP contribution in [0.5, 0.6) is 0 Å². The van der Waals surface area contributed by atoms with Crippen molar-refractivity contribution in [3.8, 4) is 12.1 Å². The molecule has 0 radical (unpaired) electrons. The van der Waals surface area contributed by atoms with E-state index in [0.29, 0.717) is 18.7 Å². The van der Waals surface area contributed by atoms with E-state index in [1.807, 2.05) is 12.1 Å². The Kier molecular flexibility index (Phi) is 6.13. The first-order chi connectivity index (χ1) is 11.9. The zero-order valence-corrected chi connectivity index (χ0v) is 14.9. The van der Waals surface area contributed by atoms with Crippen LogP contribution in [-0.4, -0.2) is 49.7 Å². The van der Waals surface area contributed by atoms with Gasteiger partial charge in [0.05, 0.1) is 17.0 Å². The van der Waals surface area contributed by atoms with E-state index in [-0.39, 0.29) is 23.5 Å². The Morgan fingerprint density at radius 2 is 1.76 bits per heavy atom. The Balaban J connectivity index is 2.39. The van der Waals surface area contributed by atoms with E-state index in [9.17, 15) is 13.2 Å². The predicted molar refractivity (Wildman–Crippen MR) is 90.9 cm³/mol. The Morgan fingerprint density at radius 1 is 1.16 bits per heavy atom. The van der Waals surface area contributed by atoms with Gasteiger partial charge in [-0.1, -0.05) is 12.5 Å². The van der Waals surface area contributed by atoms with Gasteiger partial charge in [0.2, 0.25) is 10.0 Å². The number of sulfonamides is 1. The normalized spacial score (nSPS) is 15.2. The molecule has 1 fully saturated rings. The predicted octanol–water partition coefficient (Wildman–Crippen LogP) is 1.66. The van der Waals surface area contributed by atoms with Gasteiger partial charge >= 0.3 is 0 Å². The van der Waals surface area contributed by atoms with Gasteiger partial charge in [0.15, 0.2) is 0 Å². The SMILES string of the molecule is Cc1ccc(C(=O)N(CC#N)CC#N)cc1S(=O)(=O)N1CCCCC1. The van der Waals surface area contributed by atoms with E-state index in [1.165, 1.54) is 16.4 Å². The van der Waals surface area contributed by atoms with Crippen molar-refractivity contribution in [3.63, 3.8) is 0 Å². The lowest BCUT2D eigenvalue weighted by Gasteiger charge is -2.27. The Labute approximate surface area is 148 Å². The molecule has 0 aliphatic carbocycles. The number of rotatable bonds is 5. The second-order valence-electron chi connectivity index (χ2n) is 5.92. The summed E-state index contributed by atoms with van der Waals surface area (Å²) in [4.78, 5) is 13.7. The van der Waals surface area contributed by atoms with Gasteiger partial charge in [-0.25, -0.2) is 8.42 Å². The highest BCUT2D eigenvalue weighted by molar-refractivity contribution is 7.89. The van der Waals surface area contributed by atoms with Crippen LogP contribution in [0.25, 0.3) is 0 Å². The van der Waals surface area contributed by atoms with E-state index in [1.54, 1.807) is 13.0 Å². The number of piperidine rings is 1. The molecule has 1 saturated heterocycles. The molecule has 1 aliphatic rings. The van der Waals surface area contributed by atoms with Crippen molar-refractivity contribution in [1.82, 2.24) is 9.21 Å². The summed E-state index contributed by atoms with van der Waals surface area (Å²) < 4.78 is 27.3. The van der Waals surface area contributed by atoms with Crippen molar-refractivity contribution in [2.45, 2.75) is 31.1 Å². The highest BCUT2D eigenvalue weighted by Gasteiger charge is 2.28. The summed E-state index contributed by atoms with van der Waals surface area (Å²) in [5.41, 5.74) is 0.723. The summed E-state index contributed by atoms with van der Waals surface area (Å²) in [6.07, 6.45) is 2.67. The molecule has 0 aromatic heterocycles. The highest BCUT2D eigenvalue weighted by atomic mass is 32.2. The lowest BCUT2D eigenvalue weighted by Crippen LogP contribution is -2.36. The van der Waals surface area contributed by atoms with Crippen molar-refractivity contribution in [2.24, 2.45) is 0 Å². The van der Waals surface area contributed by atoms with Gasteiger partial charge in [0, 0.05) is 18.7 Å². The monoisotopic (exact) mass is 360 g/mol. The largest absolute Gasteiger partial charge is 0.312 e. The Hall–Kier alpha value is -2.42. The molecular formula is C17H20N4O3S. The van der Waals surface area contributed by atoms with Crippen molar-refractivity contribution >= 4 is 15.9 Å². The zero-order valence-electron chi connectivity index (χ0n) is 14.1. The molecule has 1 heterocycles. The molecule has 1 aromatic rings. The number of benzene rings is 1. The van der Waals surface area contributed by atoms with Crippen molar-refractivity contribution in [3.05, 3.63) is 29.3 Å². The molecule has 1 aliphatic heterocycles. The first kappa shape index (κ1) is 18.9. The smallest absolute Gasteiger partial charge is 0.255 e. The van der Waals surface area contributed by atoms with Gasteiger partial charge in [-0.2, -0.15) is 14.8 Å². The maximum Gasteiger partial charge on any atom is 0.255 e. The van der Waals surface area contributed by atoms with Gasteiger partial charge in [-0.15, -0.1) is 0 Å². The fourth-order valence-electron chi connectivity index (χ4n) is 2.81. The molecule has 132 valence electrons. The van der Waals surface area contributed by atoms with Crippen LogP contribution < -0.4 is 0 Å². The first-order valence-electron chi connectivity index (χ1n) is 8.06. The molecule has 25 heavy (non-hydrogen) atoms. The number of nitrogens with zero attached hydrogens (tertiary/aromatic N) is 4. The lowest BCUT2D eigenvalue weighted by atomic mass is 10.1. The molecule has 7 nitrogen and oxygen atoms in total. The van der Waals surface area contributed by atoms with E-state index >= 15 is 0 Å². The summed E-state index contributed by atoms with van der Waals surface area (Å²) in [5.74, 6) is -0.529. The molecular weight excluding hydrogens is 340 g/mol. The lowest BCUT2D eigenvalue weighted by molar-refractivity contribution is 0.0794. The minimum atomic E-state index is -3.67. The highest BCUT2D eigenvalue weighted by Crippen LogP contribution is 2.24. The molecule has 2 rings (SSSR count). The van der Waals surface area contributed by atoms with Crippen LogP contribution >= 0.6 is 0 Å². The van der Waals surface area contributed by atoms with Crippen molar-refractivity contribution < 1.29 is 13.2 Å². The number of hydrogen-bond donors (Lipinski definition) is 0. The average Bonchev–Trinajstić information content (AvgIpc) is 2.62. The first-order valence-corrected chi connectivity index (χ1v) is 9.50. The van der Waals surface area contributed by atoms with Crippen LogP contribution in [0.15, 0.2) is 23.1 Å². The van der Waals surface area contributed by atoms with Gasteiger partial charge < -0.3 is 4.90 Å². The molecule has 8 heteroatoms. The molecule has 0 saturated carbocycles. The van der Waals surface area contributed by atoms with E-state index in [4.69, 9.17) is 10.5 Å². The van der Waals surface area contributed by atoms with Gasteiger partial charge in [0.25, 0.3) is 5.91 Å². The summed E-state index contributed by atoms with van der Waals surface area (Å²) >= 11 is 0. The second kappa shape index (κ2) is 8.11. The van der Waals surface area contributed by atoms with Crippen LogP contribution in [0.3, 0.4) is 0 Å². The van der Waals surface area contributed by atoms with Crippen LogP contribution in [0.2, 0.25) is 0 Å². The standard InChI is InChI=1S/C17H20N4O3S/c1-14-5-6-15(17(22)20(11-7-18)12-8-19)13-16(14)25(23,24)21-9-3-2-4-10-21/h5-6,13H,2-4,9-12H2,1H3. The quantitative estimate of drug-likeness (QED) is 0.743. The van der Waals surface area contributed by atoms with E-state index in [0.717, 1.165) is 24.2 Å². The fraction of sp³-hybridized carbons (Fsp3) is 0.471. The van der Waals surface area contributed by atoms with Gasteiger partial charge in [0.1, 0.15) is 13.1 Å². The topological polar surface area (TPSA) is 105 Å². The minimum absolute atomic E-state index is 0.106. The molecule has 1 amide bonds. The van der Waals surface area contributed by atoms with Crippen LogP contribution in [-0.2, 0) is 10.0 Å². The second-order valence-corrected chi connectivity index (χ2v) is 7.83. The summed E-state index contributed by atoms with van der Waals surface area (Å²) in [5, 5.41) is 17.6. The van der Waals surface area contributed by atoms with Gasteiger partial charge in [-0.05, 0) is 37.5 Å². The summed E-state index contributed by atoms with van der Waals surface area (Å²) in [7, 11) is -3.67. The van der Waals surface area contributed by atoms with Crippen molar-refractivity contribution in [2.75, 3.05) is 26.2 Å². The van der Waals surface area contributed by atoms with E-state index < -0.39 is 15.9 Å². The Bertz CT molecular complexity index is 814. The van der Waals surface area contributed by atoms with Crippen molar-refractivity contribution in [1.29, 1.82) is 10.5 Å². The third kappa shape index (κ3) is 4.16. The number of nitriles is 2. The maximum atomic E-state index is 12.9. The molecule has 0 spiro atoms. The molecule has 1 aromatic carbocycles. The fourth-order valence-corrected chi connectivity index (χ4v) is 4.58. The number of carbonyl (C=O) groups excluding carboxylic acids is 1. The molecule has 0 unspecified atom stereocenters.